The van der Waals surface area contributed by atoms with Crippen molar-refractivity contribution in [3.8, 4) is 0 Å². The monoisotopic (exact) mass is 331 g/mol. The van der Waals surface area contributed by atoms with Crippen LogP contribution in [0.15, 0.2) is 6.07 Å². The lowest BCUT2D eigenvalue weighted by Gasteiger charge is -2.27. The Bertz CT molecular complexity index is 551. The second-order valence-electron chi connectivity index (χ2n) is 7.60. The standard InChI is InChI=1S/C20H33N3O/c1-16-15-19(17(2)23(16)18-9-5-3-6-10-18)20(24)21-11-14-22-12-7-4-8-13-22/h15,18H,3-14H2,1-2H3,(H,21,24). The predicted octanol–water partition coefficient (Wildman–Crippen LogP) is 3.83. The smallest absolute Gasteiger partial charge is 0.253 e. The van der Waals surface area contributed by atoms with Gasteiger partial charge in [-0.1, -0.05) is 25.7 Å². The van der Waals surface area contributed by atoms with E-state index in [2.05, 4.69) is 34.7 Å². The van der Waals surface area contributed by atoms with E-state index in [0.717, 1.165) is 24.3 Å². The number of aryl methyl sites for hydroxylation is 1. The third kappa shape index (κ3) is 4.02. The second-order valence-corrected chi connectivity index (χ2v) is 7.60. The van der Waals surface area contributed by atoms with E-state index in [9.17, 15) is 4.79 Å². The van der Waals surface area contributed by atoms with Crippen LogP contribution >= 0.6 is 0 Å². The van der Waals surface area contributed by atoms with Crippen molar-refractivity contribution in [1.82, 2.24) is 14.8 Å². The molecule has 4 heteroatoms. The van der Waals surface area contributed by atoms with Gasteiger partial charge in [0, 0.05) is 30.5 Å². The van der Waals surface area contributed by atoms with Crippen molar-refractivity contribution in [3.63, 3.8) is 0 Å². The fourth-order valence-electron chi connectivity index (χ4n) is 4.51. The van der Waals surface area contributed by atoms with Gasteiger partial charge < -0.3 is 14.8 Å². The van der Waals surface area contributed by atoms with Crippen molar-refractivity contribution < 1.29 is 4.79 Å². The molecule has 1 amide bonds. The van der Waals surface area contributed by atoms with Gasteiger partial charge in [0.05, 0.1) is 5.56 Å². The van der Waals surface area contributed by atoms with E-state index in [1.165, 1.54) is 70.2 Å². The Balaban J connectivity index is 1.58. The van der Waals surface area contributed by atoms with Gasteiger partial charge in [-0.15, -0.1) is 0 Å². The lowest BCUT2D eigenvalue weighted by Crippen LogP contribution is -2.37. The summed E-state index contributed by atoms with van der Waals surface area (Å²) in [6, 6.07) is 2.67. The van der Waals surface area contributed by atoms with Gasteiger partial charge in [-0.05, 0) is 58.7 Å². The van der Waals surface area contributed by atoms with Gasteiger partial charge in [0.25, 0.3) is 5.91 Å². The second kappa shape index (κ2) is 8.19. The van der Waals surface area contributed by atoms with Crippen molar-refractivity contribution in [3.05, 3.63) is 23.0 Å². The Labute approximate surface area is 146 Å². The van der Waals surface area contributed by atoms with Crippen LogP contribution in [0.5, 0.6) is 0 Å². The minimum Gasteiger partial charge on any atom is -0.351 e. The molecule has 2 aliphatic rings. The molecule has 2 fully saturated rings. The highest BCUT2D eigenvalue weighted by Gasteiger charge is 2.22. The fraction of sp³-hybridized carbons (Fsp3) is 0.750. The first-order valence-corrected chi connectivity index (χ1v) is 9.86. The van der Waals surface area contributed by atoms with E-state index in [4.69, 9.17) is 0 Å². The number of rotatable bonds is 5. The molecule has 1 N–H and O–H groups in total. The molecule has 3 rings (SSSR count). The molecule has 1 aliphatic carbocycles. The molecule has 1 aromatic rings. The van der Waals surface area contributed by atoms with Crippen molar-refractivity contribution >= 4 is 5.91 Å². The Morgan fingerprint density at radius 1 is 1.08 bits per heavy atom. The number of nitrogens with one attached hydrogen (secondary N) is 1. The minimum atomic E-state index is 0.0992. The zero-order valence-corrected chi connectivity index (χ0v) is 15.4. The van der Waals surface area contributed by atoms with Gasteiger partial charge in [-0.3, -0.25) is 4.79 Å². The third-order valence-corrected chi connectivity index (χ3v) is 5.83. The number of hydrogen-bond donors (Lipinski definition) is 1. The largest absolute Gasteiger partial charge is 0.351 e. The van der Waals surface area contributed by atoms with E-state index in [1.54, 1.807) is 0 Å². The molecule has 4 nitrogen and oxygen atoms in total. The summed E-state index contributed by atoms with van der Waals surface area (Å²) in [6.45, 7) is 8.37. The molecule has 0 bridgehead atoms. The summed E-state index contributed by atoms with van der Waals surface area (Å²) in [6.07, 6.45) is 10.5. The summed E-state index contributed by atoms with van der Waals surface area (Å²) in [5.74, 6) is 0.0992. The van der Waals surface area contributed by atoms with E-state index in [1.807, 2.05) is 0 Å². The normalized spacial score (nSPS) is 20.2. The van der Waals surface area contributed by atoms with Gasteiger partial charge in [0.15, 0.2) is 0 Å². The van der Waals surface area contributed by atoms with Crippen molar-refractivity contribution in [2.75, 3.05) is 26.2 Å². The molecule has 0 aromatic carbocycles. The Kier molecular flexibility index (Phi) is 5.99. The Morgan fingerprint density at radius 3 is 2.46 bits per heavy atom. The van der Waals surface area contributed by atoms with Gasteiger partial charge in [0.1, 0.15) is 0 Å². The molecular weight excluding hydrogens is 298 g/mol. The van der Waals surface area contributed by atoms with E-state index in [0.29, 0.717) is 6.04 Å². The summed E-state index contributed by atoms with van der Waals surface area (Å²) in [5, 5.41) is 3.14. The van der Waals surface area contributed by atoms with Crippen molar-refractivity contribution in [2.24, 2.45) is 0 Å². The van der Waals surface area contributed by atoms with Crippen LogP contribution in [0.1, 0.15) is 79.2 Å². The quantitative estimate of drug-likeness (QED) is 0.890. The maximum absolute atomic E-state index is 12.6. The molecule has 1 saturated heterocycles. The van der Waals surface area contributed by atoms with Crippen LogP contribution in [-0.2, 0) is 0 Å². The maximum Gasteiger partial charge on any atom is 0.253 e. The van der Waals surface area contributed by atoms with Gasteiger partial charge in [0.2, 0.25) is 0 Å². The lowest BCUT2D eigenvalue weighted by molar-refractivity contribution is 0.0945. The lowest BCUT2D eigenvalue weighted by atomic mass is 9.95. The molecule has 2 heterocycles. The van der Waals surface area contributed by atoms with E-state index < -0.39 is 0 Å². The number of nitrogens with zero attached hydrogens (tertiary/aromatic N) is 2. The van der Waals surface area contributed by atoms with E-state index >= 15 is 0 Å². The number of carbonyl (C=O) groups excluding carboxylic acids is 1. The number of amides is 1. The van der Waals surface area contributed by atoms with E-state index in [-0.39, 0.29) is 5.91 Å². The zero-order valence-electron chi connectivity index (χ0n) is 15.4. The third-order valence-electron chi connectivity index (χ3n) is 5.83. The molecular formula is C20H33N3O. The van der Waals surface area contributed by atoms with Crippen molar-refractivity contribution in [1.29, 1.82) is 0 Å². The number of aromatic nitrogens is 1. The highest BCUT2D eigenvalue weighted by molar-refractivity contribution is 5.95. The minimum absolute atomic E-state index is 0.0992. The topological polar surface area (TPSA) is 37.3 Å². The molecule has 134 valence electrons. The highest BCUT2D eigenvalue weighted by atomic mass is 16.1. The van der Waals surface area contributed by atoms with Crippen LogP contribution in [0.25, 0.3) is 0 Å². The summed E-state index contributed by atoms with van der Waals surface area (Å²) in [5.41, 5.74) is 3.26. The van der Waals surface area contributed by atoms with Crippen molar-refractivity contribution in [2.45, 2.75) is 71.3 Å². The van der Waals surface area contributed by atoms with Crippen LogP contribution in [0.2, 0.25) is 0 Å². The highest BCUT2D eigenvalue weighted by Crippen LogP contribution is 2.32. The molecule has 0 radical (unpaired) electrons. The molecule has 0 spiro atoms. The van der Waals surface area contributed by atoms with Crippen LogP contribution in [-0.4, -0.2) is 41.6 Å². The van der Waals surface area contributed by atoms with Crippen LogP contribution < -0.4 is 5.32 Å². The Morgan fingerprint density at radius 2 is 1.75 bits per heavy atom. The zero-order chi connectivity index (χ0) is 16.9. The summed E-state index contributed by atoms with van der Waals surface area (Å²) in [4.78, 5) is 15.1. The fourth-order valence-corrected chi connectivity index (χ4v) is 4.51. The summed E-state index contributed by atoms with van der Waals surface area (Å²) in [7, 11) is 0. The van der Waals surface area contributed by atoms with Gasteiger partial charge in [-0.25, -0.2) is 0 Å². The predicted molar refractivity (Wildman–Crippen MR) is 98.7 cm³/mol. The molecule has 0 atom stereocenters. The average molecular weight is 332 g/mol. The van der Waals surface area contributed by atoms with Crippen LogP contribution in [0.3, 0.4) is 0 Å². The number of likely N-dealkylation sites (tertiary alicyclic amines) is 1. The van der Waals surface area contributed by atoms with Gasteiger partial charge in [-0.2, -0.15) is 0 Å². The summed E-state index contributed by atoms with van der Waals surface area (Å²) < 4.78 is 2.42. The first-order chi connectivity index (χ1) is 11.7. The SMILES string of the molecule is Cc1cc(C(=O)NCCN2CCCCC2)c(C)n1C1CCCCC1. The first-order valence-electron chi connectivity index (χ1n) is 9.86. The average Bonchev–Trinajstić information content (AvgIpc) is 2.91. The molecule has 1 aromatic heterocycles. The van der Waals surface area contributed by atoms with Crippen LogP contribution in [0.4, 0.5) is 0 Å². The Hall–Kier alpha value is -1.29. The molecule has 1 aliphatic heterocycles. The number of carbonyl (C=O) groups is 1. The molecule has 24 heavy (non-hydrogen) atoms. The number of piperidine rings is 1. The summed E-state index contributed by atoms with van der Waals surface area (Å²) >= 11 is 0. The van der Waals surface area contributed by atoms with Crippen LogP contribution in [0, 0.1) is 13.8 Å². The molecule has 1 saturated carbocycles. The van der Waals surface area contributed by atoms with Gasteiger partial charge >= 0.3 is 0 Å². The number of hydrogen-bond acceptors (Lipinski definition) is 2. The first kappa shape index (κ1) is 17.5. The molecule has 0 unspecified atom stereocenters. The maximum atomic E-state index is 12.6.